The molecule has 0 heterocycles. The molecule has 0 bridgehead atoms. The van der Waals surface area contributed by atoms with Crippen molar-refractivity contribution in [2.24, 2.45) is 10.9 Å². The topological polar surface area (TPSA) is 103 Å². The van der Waals surface area contributed by atoms with Gasteiger partial charge in [0.25, 0.3) is 0 Å². The zero-order valence-electron chi connectivity index (χ0n) is 18.1. The number of amides is 1. The first kappa shape index (κ1) is 24.9. The minimum atomic E-state index is -0.987. The Labute approximate surface area is 177 Å². The molecule has 1 aromatic carbocycles. The Balaban J connectivity index is 0.000000311. The average Bonchev–Trinajstić information content (AvgIpc) is 3.40. The number of esters is 2. The number of rotatable bonds is 6. The van der Waals surface area contributed by atoms with E-state index in [0.717, 1.165) is 5.56 Å². The van der Waals surface area contributed by atoms with Crippen LogP contribution in [0.1, 0.15) is 32.8 Å². The van der Waals surface area contributed by atoms with E-state index >= 15 is 0 Å². The van der Waals surface area contributed by atoms with Gasteiger partial charge in [-0.05, 0) is 32.8 Å². The van der Waals surface area contributed by atoms with Gasteiger partial charge in [-0.1, -0.05) is 36.4 Å². The van der Waals surface area contributed by atoms with Crippen LogP contribution in [0, 0.1) is 5.92 Å². The number of carbonyl (C=O) groups excluding carboxylic acids is 3. The molecule has 8 nitrogen and oxygen atoms in total. The number of alkyl carbamates (subject to hydrolysis) is 1. The molecule has 164 valence electrons. The zero-order chi connectivity index (χ0) is 22.8. The third-order valence-electron chi connectivity index (χ3n) is 4.06. The second-order valence-electron chi connectivity index (χ2n) is 7.59. The number of aliphatic imine (C=N–C) groups is 1. The standard InChI is InChI=1S/C12H19NO4.C10H11NO2/c1-6-8-7-12(8,9(14)16-5)13-10(15)17-11(2,3)4;1-13-10(12)8-11-7-9-5-3-2-4-6-9/h6,8H,1,7H2,2-5H3,(H,13,15);2-7H,8H2,1H3/t8-,12-;/m1./s1. The van der Waals surface area contributed by atoms with Crippen molar-refractivity contribution in [3.63, 3.8) is 0 Å². The molecule has 1 aliphatic rings. The van der Waals surface area contributed by atoms with Crippen LogP contribution in [0.4, 0.5) is 4.79 Å². The molecule has 0 radical (unpaired) electrons. The maximum absolute atomic E-state index is 11.6. The Morgan fingerprint density at radius 2 is 1.83 bits per heavy atom. The van der Waals surface area contributed by atoms with Gasteiger partial charge in [0.15, 0.2) is 0 Å². The number of ether oxygens (including phenoxy) is 3. The van der Waals surface area contributed by atoms with Crippen LogP contribution in [0.3, 0.4) is 0 Å². The summed E-state index contributed by atoms with van der Waals surface area (Å²) in [7, 11) is 2.64. The lowest BCUT2D eigenvalue weighted by Gasteiger charge is -2.22. The number of nitrogens with zero attached hydrogens (tertiary/aromatic N) is 1. The van der Waals surface area contributed by atoms with E-state index in [1.165, 1.54) is 14.2 Å². The first-order chi connectivity index (χ1) is 14.1. The van der Waals surface area contributed by atoms with E-state index in [0.29, 0.717) is 6.42 Å². The van der Waals surface area contributed by atoms with Crippen molar-refractivity contribution < 1.29 is 28.6 Å². The van der Waals surface area contributed by atoms with Crippen LogP contribution < -0.4 is 5.32 Å². The summed E-state index contributed by atoms with van der Waals surface area (Å²) in [5, 5.41) is 2.57. The van der Waals surface area contributed by atoms with Crippen molar-refractivity contribution in [1.29, 1.82) is 0 Å². The van der Waals surface area contributed by atoms with Crippen LogP contribution in [0.5, 0.6) is 0 Å². The lowest BCUT2D eigenvalue weighted by atomic mass is 10.2. The Bertz CT molecular complexity index is 770. The third-order valence-corrected chi connectivity index (χ3v) is 4.06. The maximum Gasteiger partial charge on any atom is 0.408 e. The molecule has 1 fully saturated rings. The highest BCUT2D eigenvalue weighted by Crippen LogP contribution is 2.45. The van der Waals surface area contributed by atoms with Gasteiger partial charge in [0.05, 0.1) is 14.2 Å². The van der Waals surface area contributed by atoms with Crippen LogP contribution in [-0.2, 0) is 23.8 Å². The summed E-state index contributed by atoms with van der Waals surface area (Å²) < 4.78 is 14.2. The molecule has 1 amide bonds. The van der Waals surface area contributed by atoms with Crippen LogP contribution in [-0.4, -0.2) is 56.2 Å². The van der Waals surface area contributed by atoms with E-state index in [-0.39, 0.29) is 18.4 Å². The molecular weight excluding hydrogens is 388 g/mol. The van der Waals surface area contributed by atoms with Gasteiger partial charge >= 0.3 is 18.0 Å². The number of hydrogen-bond acceptors (Lipinski definition) is 7. The minimum Gasteiger partial charge on any atom is -0.468 e. The molecule has 1 N–H and O–H groups in total. The Morgan fingerprint density at radius 1 is 1.20 bits per heavy atom. The predicted molar refractivity (Wildman–Crippen MR) is 113 cm³/mol. The molecule has 0 aliphatic heterocycles. The summed E-state index contributed by atoms with van der Waals surface area (Å²) in [6.07, 6.45) is 3.17. The van der Waals surface area contributed by atoms with Crippen molar-refractivity contribution in [3.8, 4) is 0 Å². The molecule has 0 spiro atoms. The second-order valence-corrected chi connectivity index (χ2v) is 7.59. The molecule has 2 rings (SSSR count). The van der Waals surface area contributed by atoms with E-state index in [1.54, 1.807) is 33.1 Å². The molecule has 1 saturated carbocycles. The Kier molecular flexibility index (Phi) is 9.23. The number of nitrogens with one attached hydrogen (secondary N) is 1. The van der Waals surface area contributed by atoms with Gasteiger partial charge < -0.3 is 19.5 Å². The van der Waals surface area contributed by atoms with Gasteiger partial charge in [-0.15, -0.1) is 6.58 Å². The van der Waals surface area contributed by atoms with E-state index in [1.807, 2.05) is 30.3 Å². The summed E-state index contributed by atoms with van der Waals surface area (Å²) in [5.41, 5.74) is -0.606. The van der Waals surface area contributed by atoms with Gasteiger partial charge in [0, 0.05) is 12.1 Å². The highest BCUT2D eigenvalue weighted by atomic mass is 16.6. The van der Waals surface area contributed by atoms with E-state index in [2.05, 4.69) is 26.4 Å². The fraction of sp³-hybridized carbons (Fsp3) is 0.455. The molecule has 1 aromatic rings. The Morgan fingerprint density at radius 3 is 2.30 bits per heavy atom. The van der Waals surface area contributed by atoms with Crippen LogP contribution >= 0.6 is 0 Å². The molecule has 0 saturated heterocycles. The van der Waals surface area contributed by atoms with E-state index in [4.69, 9.17) is 4.74 Å². The summed E-state index contributed by atoms with van der Waals surface area (Å²) >= 11 is 0. The predicted octanol–water partition coefficient (Wildman–Crippen LogP) is 2.91. The first-order valence-corrected chi connectivity index (χ1v) is 9.41. The molecule has 8 heteroatoms. The molecule has 2 atom stereocenters. The van der Waals surface area contributed by atoms with Crippen molar-refractivity contribution in [2.45, 2.75) is 38.3 Å². The lowest BCUT2D eigenvalue weighted by molar-refractivity contribution is -0.144. The van der Waals surface area contributed by atoms with Gasteiger partial charge in [0.1, 0.15) is 17.7 Å². The molecule has 0 unspecified atom stereocenters. The van der Waals surface area contributed by atoms with Crippen molar-refractivity contribution in [3.05, 3.63) is 48.6 Å². The minimum absolute atomic E-state index is 0.0748. The third kappa shape index (κ3) is 8.06. The SMILES string of the molecule is C=C[C@@H]1C[C@]1(NC(=O)OC(C)(C)C)C(=O)OC.COC(=O)CN=Cc1ccccc1. The lowest BCUT2D eigenvalue weighted by Crippen LogP contribution is -2.47. The van der Waals surface area contributed by atoms with Gasteiger partial charge in [-0.3, -0.25) is 9.79 Å². The molecule has 0 aromatic heterocycles. The number of methoxy groups -OCH3 is 2. The van der Waals surface area contributed by atoms with E-state index in [9.17, 15) is 14.4 Å². The number of benzene rings is 1. The molecule has 1 aliphatic carbocycles. The summed E-state index contributed by atoms with van der Waals surface area (Å²) in [4.78, 5) is 37.8. The smallest absolute Gasteiger partial charge is 0.408 e. The van der Waals surface area contributed by atoms with Crippen LogP contribution in [0.25, 0.3) is 0 Å². The quantitative estimate of drug-likeness (QED) is 0.330. The van der Waals surface area contributed by atoms with Gasteiger partial charge in [0.2, 0.25) is 0 Å². The maximum atomic E-state index is 11.6. The second kappa shape index (κ2) is 11.1. The summed E-state index contributed by atoms with van der Waals surface area (Å²) in [6, 6.07) is 9.60. The first-order valence-electron chi connectivity index (χ1n) is 9.41. The summed E-state index contributed by atoms with van der Waals surface area (Å²) in [6.45, 7) is 8.97. The summed E-state index contributed by atoms with van der Waals surface area (Å²) in [5.74, 6) is -0.886. The van der Waals surface area contributed by atoms with Crippen molar-refractivity contribution in [1.82, 2.24) is 5.32 Å². The van der Waals surface area contributed by atoms with Crippen molar-refractivity contribution in [2.75, 3.05) is 20.8 Å². The van der Waals surface area contributed by atoms with Crippen molar-refractivity contribution >= 4 is 24.2 Å². The highest BCUT2D eigenvalue weighted by Gasteiger charge is 2.61. The Hall–Kier alpha value is -3.16. The normalized spacial score (nSPS) is 19.7. The number of hydrogen-bond donors (Lipinski definition) is 1. The average molecular weight is 418 g/mol. The van der Waals surface area contributed by atoms with Crippen LogP contribution in [0.2, 0.25) is 0 Å². The number of carbonyl (C=O) groups is 3. The molecule has 30 heavy (non-hydrogen) atoms. The zero-order valence-corrected chi connectivity index (χ0v) is 18.1. The highest BCUT2D eigenvalue weighted by molar-refractivity contribution is 5.90. The largest absolute Gasteiger partial charge is 0.468 e. The van der Waals surface area contributed by atoms with E-state index < -0.39 is 23.2 Å². The fourth-order valence-electron chi connectivity index (χ4n) is 2.50. The molecular formula is C22H30N2O6. The monoisotopic (exact) mass is 418 g/mol. The van der Waals surface area contributed by atoms with Gasteiger partial charge in [-0.25, -0.2) is 9.59 Å². The fourth-order valence-corrected chi connectivity index (χ4v) is 2.50. The van der Waals surface area contributed by atoms with Crippen LogP contribution in [0.15, 0.2) is 48.0 Å². The van der Waals surface area contributed by atoms with Gasteiger partial charge in [-0.2, -0.15) is 0 Å².